The van der Waals surface area contributed by atoms with Gasteiger partial charge in [0.15, 0.2) is 0 Å². The third-order valence-electron chi connectivity index (χ3n) is 17.9. The summed E-state index contributed by atoms with van der Waals surface area (Å²) in [6, 6.07) is 28.8. The van der Waals surface area contributed by atoms with Crippen molar-refractivity contribution in [3.05, 3.63) is 145 Å². The first-order chi connectivity index (χ1) is 34.4. The zero-order valence-corrected chi connectivity index (χ0v) is 46.8. The van der Waals surface area contributed by atoms with Crippen molar-refractivity contribution in [1.29, 1.82) is 0 Å². The number of aromatic nitrogens is 2. The van der Waals surface area contributed by atoms with Crippen LogP contribution in [0.4, 0.5) is 0 Å². The molecule has 1 unspecified atom stereocenters. The lowest BCUT2D eigenvalue weighted by Gasteiger charge is -2.41. The number of hydrogen-bond acceptors (Lipinski definition) is 2. The highest BCUT2D eigenvalue weighted by molar-refractivity contribution is 6.25. The molecule has 5 aromatic carbocycles. The van der Waals surface area contributed by atoms with Gasteiger partial charge < -0.3 is 0 Å². The van der Waals surface area contributed by atoms with Gasteiger partial charge in [0, 0.05) is 38.9 Å². The Morgan fingerprint density at radius 2 is 0.653 bits per heavy atom. The Hall–Kier alpha value is -5.34. The summed E-state index contributed by atoms with van der Waals surface area (Å²) in [5.74, 6) is 3.94. The lowest BCUT2D eigenvalue weighted by Crippen LogP contribution is -2.24. The molecule has 0 amide bonds. The van der Waals surface area contributed by atoms with Crippen molar-refractivity contribution >= 4 is 27.9 Å². The number of hydrogen-bond donors (Lipinski definition) is 0. The maximum absolute atomic E-state index is 6.59. The van der Waals surface area contributed by atoms with Crippen molar-refractivity contribution in [2.75, 3.05) is 0 Å². The molecule has 2 nitrogen and oxygen atoms in total. The van der Waals surface area contributed by atoms with E-state index in [0.717, 1.165) is 6.42 Å². The standard InChI is InChI=1S/C70H82N2/c1-35(2)46-21-17-22-47(36(3)4)58(46)65-63-55-34-45-33-54(45)62(55)68(61-52(41(13)14)27-20-28-53(61)42(15)16)72-69(63)66(59-48(37(5)6)23-18-24-49(59)38(7)8)64-56-43-29-31-44(32-30-43)57(56)67(71-70(64)65)60-50(39(9)10)25-19-26-51(60)40(11)12/h17-28,34-44,54H,29-33H2,1-16H3. The fourth-order valence-electron chi connectivity index (χ4n) is 14.4. The van der Waals surface area contributed by atoms with E-state index in [1.807, 2.05) is 0 Å². The molecule has 5 aliphatic rings. The Morgan fingerprint density at radius 3 is 1.01 bits per heavy atom. The van der Waals surface area contributed by atoms with Gasteiger partial charge in [0.2, 0.25) is 0 Å². The maximum Gasteiger partial charge on any atom is 0.0808 e. The van der Waals surface area contributed by atoms with Crippen molar-refractivity contribution in [3.8, 4) is 44.8 Å². The molecule has 12 rings (SSSR count). The first kappa shape index (κ1) is 48.9. The van der Waals surface area contributed by atoms with Gasteiger partial charge in [0.25, 0.3) is 0 Å². The van der Waals surface area contributed by atoms with Crippen molar-refractivity contribution in [3.63, 3.8) is 0 Å². The Morgan fingerprint density at radius 1 is 0.347 bits per heavy atom. The smallest absolute Gasteiger partial charge is 0.0808 e. The third-order valence-corrected chi connectivity index (χ3v) is 17.9. The molecule has 2 fully saturated rings. The summed E-state index contributed by atoms with van der Waals surface area (Å²) in [7, 11) is 0. The SMILES string of the molecule is CC(C)c1cccc(C(C)C)c1-c1nc2c(-c3c(C(C)C)cccc3C(C)C)c3c4c(c(-c5c(C(C)C)cccc5C(C)C)nc3c(-c3c(C(C)C)cccc3C(C)C)c2c2c1C1CCC2CC1)C1CC1=C4. The second-order valence-electron chi connectivity index (χ2n) is 25.3. The molecule has 0 radical (unpaired) electrons. The topological polar surface area (TPSA) is 25.8 Å². The highest BCUT2D eigenvalue weighted by atomic mass is 14.8. The van der Waals surface area contributed by atoms with Crippen molar-refractivity contribution in [2.24, 2.45) is 0 Å². The molecule has 0 saturated heterocycles. The van der Waals surface area contributed by atoms with Crippen LogP contribution in [-0.4, -0.2) is 9.97 Å². The molecule has 2 aromatic heterocycles. The molecule has 2 saturated carbocycles. The van der Waals surface area contributed by atoms with Crippen molar-refractivity contribution < 1.29 is 0 Å². The highest BCUT2D eigenvalue weighted by Crippen LogP contribution is 2.64. The van der Waals surface area contributed by atoms with Crippen LogP contribution in [0.15, 0.2) is 78.4 Å². The minimum absolute atomic E-state index is 0.304. The summed E-state index contributed by atoms with van der Waals surface area (Å²) >= 11 is 0. The van der Waals surface area contributed by atoms with Crippen LogP contribution in [-0.2, 0) is 0 Å². The molecule has 7 aromatic rings. The number of benzene rings is 5. The van der Waals surface area contributed by atoms with Gasteiger partial charge in [-0.25, -0.2) is 9.97 Å². The highest BCUT2D eigenvalue weighted by Gasteiger charge is 2.45. The van der Waals surface area contributed by atoms with E-state index in [9.17, 15) is 0 Å². The average molecular weight is 951 g/mol. The Kier molecular flexibility index (Phi) is 12.4. The van der Waals surface area contributed by atoms with Crippen LogP contribution in [0.3, 0.4) is 0 Å². The zero-order chi connectivity index (χ0) is 50.9. The fraction of sp³-hybridized carbons (Fsp3) is 0.457. The quantitative estimate of drug-likeness (QED) is 0.114. The molecule has 0 N–H and O–H groups in total. The predicted octanol–water partition coefficient (Wildman–Crippen LogP) is 21.1. The van der Waals surface area contributed by atoms with Gasteiger partial charge in [-0.15, -0.1) is 0 Å². The van der Waals surface area contributed by atoms with Gasteiger partial charge in [0.05, 0.1) is 22.4 Å². The molecule has 372 valence electrons. The van der Waals surface area contributed by atoms with Crippen molar-refractivity contribution in [1.82, 2.24) is 9.97 Å². The Balaban J connectivity index is 1.51. The van der Waals surface area contributed by atoms with Crippen LogP contribution in [0.2, 0.25) is 0 Å². The maximum atomic E-state index is 6.59. The molecule has 1 atom stereocenters. The lowest BCUT2D eigenvalue weighted by atomic mass is 9.63. The molecule has 2 heteroatoms. The minimum atomic E-state index is 0.304. The van der Waals surface area contributed by atoms with E-state index in [1.54, 1.807) is 16.7 Å². The summed E-state index contributed by atoms with van der Waals surface area (Å²) in [5.41, 5.74) is 32.1. The first-order valence-corrected chi connectivity index (χ1v) is 28.5. The summed E-state index contributed by atoms with van der Waals surface area (Å²) in [4.78, 5) is 13.1. The Bertz CT molecular complexity index is 3250. The molecule has 2 heterocycles. The van der Waals surface area contributed by atoms with E-state index >= 15 is 0 Å². The summed E-state index contributed by atoms with van der Waals surface area (Å²) in [5, 5.41) is 2.73. The largest absolute Gasteiger partial charge is 0.247 e. The molecule has 72 heavy (non-hydrogen) atoms. The van der Waals surface area contributed by atoms with Crippen LogP contribution in [0.5, 0.6) is 0 Å². The minimum Gasteiger partial charge on any atom is -0.247 e. The van der Waals surface area contributed by atoms with Gasteiger partial charge in [-0.05, 0) is 169 Å². The molecule has 5 aliphatic carbocycles. The van der Waals surface area contributed by atoms with Gasteiger partial charge >= 0.3 is 0 Å². The van der Waals surface area contributed by atoms with Crippen LogP contribution in [0.25, 0.3) is 72.7 Å². The first-order valence-electron chi connectivity index (χ1n) is 28.5. The van der Waals surface area contributed by atoms with Gasteiger partial charge in [-0.1, -0.05) is 195 Å². The normalized spacial score (nSPS) is 18.1. The predicted molar refractivity (Wildman–Crippen MR) is 311 cm³/mol. The van der Waals surface area contributed by atoms with Gasteiger partial charge in [-0.2, -0.15) is 0 Å². The number of allylic oxidation sites excluding steroid dienone is 1. The molecule has 0 spiro atoms. The second kappa shape index (κ2) is 18.2. The van der Waals surface area contributed by atoms with E-state index in [2.05, 4.69) is 190 Å². The molecular weight excluding hydrogens is 869 g/mol. The van der Waals surface area contributed by atoms with E-state index < -0.39 is 0 Å². The summed E-state index contributed by atoms with van der Waals surface area (Å²) in [6.07, 6.45) is 8.69. The van der Waals surface area contributed by atoms with Gasteiger partial charge in [0.1, 0.15) is 0 Å². The number of rotatable bonds is 12. The van der Waals surface area contributed by atoms with Crippen LogP contribution < -0.4 is 0 Å². The van der Waals surface area contributed by atoms with E-state index in [-0.39, 0.29) is 0 Å². The average Bonchev–Trinajstić information content (AvgIpc) is 4.02. The van der Waals surface area contributed by atoms with Crippen LogP contribution >= 0.6 is 0 Å². The summed E-state index contributed by atoms with van der Waals surface area (Å²) in [6.45, 7) is 38.5. The molecule has 0 aliphatic heterocycles. The zero-order valence-electron chi connectivity index (χ0n) is 46.8. The third kappa shape index (κ3) is 7.52. The lowest BCUT2D eigenvalue weighted by molar-refractivity contribution is 0.361. The molecular formula is C70H82N2. The van der Waals surface area contributed by atoms with E-state index in [0.29, 0.717) is 65.1 Å². The summed E-state index contributed by atoms with van der Waals surface area (Å²) < 4.78 is 0. The number of pyridine rings is 2. The van der Waals surface area contributed by atoms with Crippen LogP contribution in [0.1, 0.15) is 275 Å². The Labute approximate surface area is 433 Å². The fourth-order valence-corrected chi connectivity index (χ4v) is 14.4. The van der Waals surface area contributed by atoms with Gasteiger partial charge in [-0.3, -0.25) is 0 Å². The molecule has 2 bridgehead atoms. The second-order valence-corrected chi connectivity index (χ2v) is 25.3. The van der Waals surface area contributed by atoms with E-state index in [4.69, 9.17) is 9.97 Å². The van der Waals surface area contributed by atoms with Crippen LogP contribution in [0, 0.1) is 0 Å². The van der Waals surface area contributed by atoms with Crippen molar-refractivity contribution in [2.45, 2.75) is 208 Å². The number of nitrogens with zero attached hydrogens (tertiary/aromatic N) is 2. The number of fused-ring (bicyclic) bond motifs is 8. The van der Waals surface area contributed by atoms with E-state index in [1.165, 1.54) is 148 Å². The monoisotopic (exact) mass is 951 g/mol.